The minimum absolute atomic E-state index is 0.0714. The lowest BCUT2D eigenvalue weighted by atomic mass is 9.92. The molecule has 4 rings (SSSR count). The number of aliphatic carboxylic acids is 1. The fourth-order valence-electron chi connectivity index (χ4n) is 3.79. The zero-order valence-electron chi connectivity index (χ0n) is 15.0. The van der Waals surface area contributed by atoms with Crippen molar-refractivity contribution >= 4 is 11.9 Å². The molecule has 0 bridgehead atoms. The smallest absolute Gasteiger partial charge is 0.308 e. The van der Waals surface area contributed by atoms with Crippen LogP contribution in [0.1, 0.15) is 28.8 Å². The van der Waals surface area contributed by atoms with Crippen molar-refractivity contribution in [2.24, 2.45) is 17.8 Å². The zero-order valence-corrected chi connectivity index (χ0v) is 15.0. The van der Waals surface area contributed by atoms with Gasteiger partial charge in [-0.15, -0.1) is 0 Å². The number of rotatable bonds is 6. The molecule has 0 unspecified atom stereocenters. The molecule has 140 valence electrons. The van der Waals surface area contributed by atoms with Crippen LogP contribution in [-0.2, 0) is 11.4 Å². The predicted molar refractivity (Wildman–Crippen MR) is 98.3 cm³/mol. The quantitative estimate of drug-likeness (QED) is 0.850. The summed E-state index contributed by atoms with van der Waals surface area (Å²) in [6.45, 7) is 1.17. The molecule has 1 amide bonds. The van der Waals surface area contributed by atoms with E-state index in [2.05, 4.69) is 4.98 Å². The van der Waals surface area contributed by atoms with E-state index in [1.54, 1.807) is 23.2 Å². The average molecular weight is 366 g/mol. The van der Waals surface area contributed by atoms with Gasteiger partial charge in [0, 0.05) is 30.9 Å². The van der Waals surface area contributed by atoms with Crippen molar-refractivity contribution in [3.8, 4) is 5.88 Å². The summed E-state index contributed by atoms with van der Waals surface area (Å²) >= 11 is 0. The first-order valence-electron chi connectivity index (χ1n) is 9.26. The molecule has 0 radical (unpaired) electrons. The highest BCUT2D eigenvalue weighted by Crippen LogP contribution is 2.44. The number of carboxylic acid groups (broad SMARTS) is 1. The minimum atomic E-state index is -0.802. The van der Waals surface area contributed by atoms with Gasteiger partial charge in [-0.25, -0.2) is 4.98 Å². The Morgan fingerprint density at radius 2 is 1.93 bits per heavy atom. The molecule has 2 heterocycles. The highest BCUT2D eigenvalue weighted by atomic mass is 16.5. The SMILES string of the molecule is O=C(O)[C@H]1CN(C(=O)c2ccnc(OCc3ccccc3)c2)C[C@@H]1C1CC1. The van der Waals surface area contributed by atoms with Crippen LogP contribution in [0.4, 0.5) is 0 Å². The first-order valence-corrected chi connectivity index (χ1v) is 9.26. The second-order valence-corrected chi connectivity index (χ2v) is 7.31. The molecule has 1 aromatic heterocycles. The Hall–Kier alpha value is -2.89. The standard InChI is InChI=1S/C21H22N2O4/c24-20(23-11-17(15-6-7-15)18(12-23)21(25)26)16-8-9-22-19(10-16)27-13-14-4-2-1-3-5-14/h1-5,8-10,15,17-18H,6-7,11-13H2,(H,25,26)/t17-,18+/m1/s1. The molecule has 2 fully saturated rings. The van der Waals surface area contributed by atoms with Crippen LogP contribution in [0.25, 0.3) is 0 Å². The number of hydrogen-bond donors (Lipinski definition) is 1. The lowest BCUT2D eigenvalue weighted by molar-refractivity contribution is -0.142. The Bertz CT molecular complexity index is 835. The Balaban J connectivity index is 1.43. The molecule has 2 aromatic rings. The van der Waals surface area contributed by atoms with Crippen molar-refractivity contribution in [1.29, 1.82) is 0 Å². The number of aromatic nitrogens is 1. The third kappa shape index (κ3) is 3.94. The zero-order chi connectivity index (χ0) is 18.8. The van der Waals surface area contributed by atoms with E-state index in [4.69, 9.17) is 4.74 Å². The van der Waals surface area contributed by atoms with Gasteiger partial charge in [0.15, 0.2) is 0 Å². The van der Waals surface area contributed by atoms with Crippen LogP contribution < -0.4 is 4.74 Å². The lowest BCUT2D eigenvalue weighted by Gasteiger charge is -2.16. The van der Waals surface area contributed by atoms with Crippen LogP contribution in [0.5, 0.6) is 5.88 Å². The molecule has 6 nitrogen and oxygen atoms in total. The summed E-state index contributed by atoms with van der Waals surface area (Å²) in [6.07, 6.45) is 3.70. The number of hydrogen-bond acceptors (Lipinski definition) is 4. The van der Waals surface area contributed by atoms with E-state index in [-0.39, 0.29) is 18.4 Å². The van der Waals surface area contributed by atoms with Crippen molar-refractivity contribution in [3.05, 3.63) is 59.8 Å². The molecule has 6 heteroatoms. The first kappa shape index (κ1) is 17.5. The number of likely N-dealkylation sites (tertiary alicyclic amines) is 1. The molecular formula is C21H22N2O4. The maximum absolute atomic E-state index is 12.9. The molecule has 1 aliphatic heterocycles. The largest absolute Gasteiger partial charge is 0.481 e. The Morgan fingerprint density at radius 1 is 1.15 bits per heavy atom. The van der Waals surface area contributed by atoms with Gasteiger partial charge in [0.25, 0.3) is 5.91 Å². The maximum Gasteiger partial charge on any atom is 0.308 e. The van der Waals surface area contributed by atoms with Crippen LogP contribution in [0.15, 0.2) is 48.7 Å². The van der Waals surface area contributed by atoms with E-state index < -0.39 is 11.9 Å². The van der Waals surface area contributed by atoms with Crippen LogP contribution in [0, 0.1) is 17.8 Å². The van der Waals surface area contributed by atoms with Gasteiger partial charge >= 0.3 is 5.97 Å². The molecular weight excluding hydrogens is 344 g/mol. The molecule has 0 spiro atoms. The molecule has 2 atom stereocenters. The number of carbonyl (C=O) groups excluding carboxylic acids is 1. The van der Waals surface area contributed by atoms with Gasteiger partial charge in [0.05, 0.1) is 5.92 Å². The van der Waals surface area contributed by atoms with Crippen molar-refractivity contribution in [3.63, 3.8) is 0 Å². The molecule has 2 aliphatic rings. The van der Waals surface area contributed by atoms with Gasteiger partial charge < -0.3 is 14.7 Å². The summed E-state index contributed by atoms with van der Waals surface area (Å²) < 4.78 is 5.70. The van der Waals surface area contributed by atoms with E-state index in [1.165, 1.54) is 0 Å². The monoisotopic (exact) mass is 366 g/mol. The van der Waals surface area contributed by atoms with Gasteiger partial charge in [-0.1, -0.05) is 30.3 Å². The van der Waals surface area contributed by atoms with Crippen molar-refractivity contribution in [2.45, 2.75) is 19.4 Å². The minimum Gasteiger partial charge on any atom is -0.481 e. The van der Waals surface area contributed by atoms with Gasteiger partial charge in [0.1, 0.15) is 6.61 Å². The molecule has 1 aromatic carbocycles. The van der Waals surface area contributed by atoms with Gasteiger partial charge in [0.2, 0.25) is 5.88 Å². The second kappa shape index (κ2) is 7.39. The fourth-order valence-corrected chi connectivity index (χ4v) is 3.79. The summed E-state index contributed by atoms with van der Waals surface area (Å²) in [7, 11) is 0. The number of carbonyl (C=O) groups is 2. The number of nitrogens with zero attached hydrogens (tertiary/aromatic N) is 2. The van der Waals surface area contributed by atoms with Crippen LogP contribution in [-0.4, -0.2) is 40.0 Å². The Labute approximate surface area is 157 Å². The topological polar surface area (TPSA) is 79.7 Å². The van der Waals surface area contributed by atoms with Crippen LogP contribution in [0.3, 0.4) is 0 Å². The molecule has 1 saturated heterocycles. The van der Waals surface area contributed by atoms with Crippen molar-refractivity contribution in [2.75, 3.05) is 13.1 Å². The van der Waals surface area contributed by atoms with E-state index in [1.807, 2.05) is 30.3 Å². The van der Waals surface area contributed by atoms with Crippen molar-refractivity contribution < 1.29 is 19.4 Å². The molecule has 1 N–H and O–H groups in total. The number of carboxylic acids is 1. The van der Waals surface area contributed by atoms with E-state index in [0.717, 1.165) is 18.4 Å². The van der Waals surface area contributed by atoms with Crippen LogP contribution in [0.2, 0.25) is 0 Å². The molecule has 1 aliphatic carbocycles. The van der Waals surface area contributed by atoms with E-state index in [9.17, 15) is 14.7 Å². The van der Waals surface area contributed by atoms with Gasteiger partial charge in [-0.05, 0) is 36.3 Å². The van der Waals surface area contributed by atoms with E-state index in [0.29, 0.717) is 30.5 Å². The highest BCUT2D eigenvalue weighted by molar-refractivity contribution is 5.95. The number of pyridine rings is 1. The number of benzene rings is 1. The van der Waals surface area contributed by atoms with Gasteiger partial charge in [-0.3, -0.25) is 9.59 Å². The number of ether oxygens (including phenoxy) is 1. The van der Waals surface area contributed by atoms with Crippen LogP contribution >= 0.6 is 0 Å². The summed E-state index contributed by atoms with van der Waals surface area (Å²) in [5, 5.41) is 9.48. The Kier molecular flexibility index (Phi) is 4.79. The molecule has 1 saturated carbocycles. The van der Waals surface area contributed by atoms with E-state index >= 15 is 0 Å². The van der Waals surface area contributed by atoms with Gasteiger partial charge in [-0.2, -0.15) is 0 Å². The normalized spacial score (nSPS) is 21.9. The first-order chi connectivity index (χ1) is 13.1. The maximum atomic E-state index is 12.9. The fraction of sp³-hybridized carbons (Fsp3) is 0.381. The number of amides is 1. The third-order valence-electron chi connectivity index (χ3n) is 5.41. The summed E-state index contributed by atoms with van der Waals surface area (Å²) in [4.78, 5) is 30.3. The summed E-state index contributed by atoms with van der Waals surface area (Å²) in [5.74, 6) is -0.511. The lowest BCUT2D eigenvalue weighted by Crippen LogP contribution is -2.30. The second-order valence-electron chi connectivity index (χ2n) is 7.31. The Morgan fingerprint density at radius 3 is 2.63 bits per heavy atom. The predicted octanol–water partition coefficient (Wildman–Crippen LogP) is 2.84. The van der Waals surface area contributed by atoms with Crippen molar-refractivity contribution in [1.82, 2.24) is 9.88 Å². The third-order valence-corrected chi connectivity index (χ3v) is 5.41. The molecule has 27 heavy (non-hydrogen) atoms. The summed E-state index contributed by atoms with van der Waals surface area (Å²) in [6, 6.07) is 13.0. The highest BCUT2D eigenvalue weighted by Gasteiger charge is 2.46. The summed E-state index contributed by atoms with van der Waals surface area (Å²) in [5.41, 5.74) is 1.50. The average Bonchev–Trinajstić information content (AvgIpc) is 3.44.